The lowest BCUT2D eigenvalue weighted by Crippen LogP contribution is -2.53. The predicted molar refractivity (Wildman–Crippen MR) is 158 cm³/mol. The predicted octanol–water partition coefficient (Wildman–Crippen LogP) is 5.31. The standard InChI is InChI=1S/C32H39N3O4S/c1-3-26-19-21-29(22-20-26)35(40(38,39)30-17-11-6-12-18-30)24-31(36)34(23-27-13-7-4-8-14-27)25(2)32(37)33-28-15-9-5-10-16-28/h4,6-8,11-14,17-22,25,28H,3,5,9-10,15-16,23-24H2,1-2H3,(H,33,37). The van der Waals surface area contributed by atoms with Gasteiger partial charge in [0.1, 0.15) is 12.6 Å². The Hall–Kier alpha value is -3.65. The number of hydrogen-bond donors (Lipinski definition) is 1. The third kappa shape index (κ3) is 7.30. The summed E-state index contributed by atoms with van der Waals surface area (Å²) in [6.07, 6.45) is 6.00. The molecule has 1 aliphatic rings. The summed E-state index contributed by atoms with van der Waals surface area (Å²) in [7, 11) is -4.06. The van der Waals surface area contributed by atoms with E-state index in [2.05, 4.69) is 5.32 Å². The highest BCUT2D eigenvalue weighted by Crippen LogP contribution is 2.25. The molecule has 3 aromatic carbocycles. The lowest BCUT2D eigenvalue weighted by Gasteiger charge is -2.33. The second-order valence-corrected chi connectivity index (χ2v) is 12.2. The number of carbonyl (C=O) groups is 2. The molecule has 0 aromatic heterocycles. The highest BCUT2D eigenvalue weighted by Gasteiger charge is 2.33. The Morgan fingerprint density at radius 2 is 1.45 bits per heavy atom. The molecule has 0 radical (unpaired) electrons. The molecule has 1 atom stereocenters. The number of hydrogen-bond acceptors (Lipinski definition) is 4. The van der Waals surface area contributed by atoms with Crippen molar-refractivity contribution >= 4 is 27.5 Å². The molecular weight excluding hydrogens is 522 g/mol. The average molecular weight is 562 g/mol. The van der Waals surface area contributed by atoms with Crippen molar-refractivity contribution < 1.29 is 18.0 Å². The minimum Gasteiger partial charge on any atom is -0.352 e. The number of nitrogens with one attached hydrogen (secondary N) is 1. The second kappa shape index (κ2) is 13.6. The molecule has 1 aliphatic carbocycles. The first-order valence-electron chi connectivity index (χ1n) is 14.1. The fourth-order valence-electron chi connectivity index (χ4n) is 5.08. The van der Waals surface area contributed by atoms with E-state index in [0.717, 1.165) is 47.5 Å². The van der Waals surface area contributed by atoms with Gasteiger partial charge >= 0.3 is 0 Å². The molecule has 0 saturated heterocycles. The van der Waals surface area contributed by atoms with Crippen molar-refractivity contribution in [1.82, 2.24) is 10.2 Å². The van der Waals surface area contributed by atoms with E-state index >= 15 is 0 Å². The van der Waals surface area contributed by atoms with Crippen LogP contribution in [0.2, 0.25) is 0 Å². The summed E-state index contributed by atoms with van der Waals surface area (Å²) in [6.45, 7) is 3.49. The molecule has 0 spiro atoms. The molecule has 8 heteroatoms. The van der Waals surface area contributed by atoms with Gasteiger partial charge in [-0.3, -0.25) is 13.9 Å². The highest BCUT2D eigenvalue weighted by molar-refractivity contribution is 7.92. The Morgan fingerprint density at radius 1 is 0.850 bits per heavy atom. The number of benzene rings is 3. The van der Waals surface area contributed by atoms with Crippen LogP contribution in [0.5, 0.6) is 0 Å². The van der Waals surface area contributed by atoms with Crippen molar-refractivity contribution in [3.63, 3.8) is 0 Å². The third-order valence-electron chi connectivity index (χ3n) is 7.56. The van der Waals surface area contributed by atoms with Crippen LogP contribution in [-0.2, 0) is 32.6 Å². The van der Waals surface area contributed by atoms with Crippen molar-refractivity contribution in [3.05, 3.63) is 96.1 Å². The van der Waals surface area contributed by atoms with Crippen molar-refractivity contribution in [3.8, 4) is 0 Å². The van der Waals surface area contributed by atoms with Crippen LogP contribution in [0, 0.1) is 0 Å². The number of anilines is 1. The number of rotatable bonds is 11. The van der Waals surface area contributed by atoms with Gasteiger partial charge in [0.25, 0.3) is 10.0 Å². The molecule has 212 valence electrons. The van der Waals surface area contributed by atoms with Crippen LogP contribution >= 0.6 is 0 Å². The quantitative estimate of drug-likeness (QED) is 0.344. The maximum absolute atomic E-state index is 14.0. The minimum atomic E-state index is -4.06. The normalized spacial score (nSPS) is 14.8. The van der Waals surface area contributed by atoms with Crippen LogP contribution in [0.4, 0.5) is 5.69 Å². The van der Waals surface area contributed by atoms with Gasteiger partial charge in [-0.2, -0.15) is 0 Å². The molecule has 0 bridgehead atoms. The van der Waals surface area contributed by atoms with E-state index < -0.39 is 28.5 Å². The largest absolute Gasteiger partial charge is 0.352 e. The zero-order chi connectivity index (χ0) is 28.5. The lowest BCUT2D eigenvalue weighted by atomic mass is 9.95. The van der Waals surface area contributed by atoms with Gasteiger partial charge in [0.05, 0.1) is 10.6 Å². The van der Waals surface area contributed by atoms with Gasteiger partial charge in [-0.05, 0) is 61.6 Å². The van der Waals surface area contributed by atoms with Gasteiger partial charge in [0, 0.05) is 12.6 Å². The van der Waals surface area contributed by atoms with Crippen molar-refractivity contribution in [2.45, 2.75) is 75.9 Å². The van der Waals surface area contributed by atoms with Crippen LogP contribution in [-0.4, -0.2) is 43.8 Å². The first-order valence-corrected chi connectivity index (χ1v) is 15.5. The molecule has 7 nitrogen and oxygen atoms in total. The Balaban J connectivity index is 1.65. The molecule has 1 fully saturated rings. The molecule has 1 saturated carbocycles. The van der Waals surface area contributed by atoms with Crippen LogP contribution in [0.1, 0.15) is 57.1 Å². The van der Waals surface area contributed by atoms with Crippen molar-refractivity contribution in [2.24, 2.45) is 0 Å². The summed E-state index contributed by atoms with van der Waals surface area (Å²) in [4.78, 5) is 29.0. The molecule has 0 heterocycles. The third-order valence-corrected chi connectivity index (χ3v) is 9.35. The van der Waals surface area contributed by atoms with Gasteiger partial charge in [-0.25, -0.2) is 8.42 Å². The van der Waals surface area contributed by atoms with Gasteiger partial charge in [-0.1, -0.05) is 86.8 Å². The number of carbonyl (C=O) groups excluding carboxylic acids is 2. The molecule has 0 aliphatic heterocycles. The van der Waals surface area contributed by atoms with Crippen LogP contribution in [0.25, 0.3) is 0 Å². The maximum atomic E-state index is 14.0. The summed E-state index contributed by atoms with van der Waals surface area (Å²) in [5.41, 5.74) is 2.32. The monoisotopic (exact) mass is 561 g/mol. The van der Waals surface area contributed by atoms with E-state index in [-0.39, 0.29) is 23.4 Å². The van der Waals surface area contributed by atoms with E-state index in [0.29, 0.717) is 5.69 Å². The van der Waals surface area contributed by atoms with Crippen molar-refractivity contribution in [1.29, 1.82) is 0 Å². The van der Waals surface area contributed by atoms with E-state index in [1.165, 1.54) is 23.5 Å². The Kier molecular flexibility index (Phi) is 9.98. The summed E-state index contributed by atoms with van der Waals surface area (Å²) >= 11 is 0. The van der Waals surface area contributed by atoms with Crippen LogP contribution < -0.4 is 9.62 Å². The van der Waals surface area contributed by atoms with E-state index in [4.69, 9.17) is 0 Å². The SMILES string of the molecule is CCc1ccc(N(CC(=O)N(Cc2ccccc2)C(C)C(=O)NC2CCCCC2)S(=O)(=O)c2ccccc2)cc1. The Morgan fingerprint density at radius 3 is 2.05 bits per heavy atom. The molecular formula is C32H39N3O4S. The first kappa shape index (κ1) is 29.3. The van der Waals surface area contributed by atoms with Crippen LogP contribution in [0.15, 0.2) is 89.8 Å². The zero-order valence-electron chi connectivity index (χ0n) is 23.3. The first-order chi connectivity index (χ1) is 19.3. The Bertz CT molecular complexity index is 1360. The maximum Gasteiger partial charge on any atom is 0.264 e. The van der Waals surface area contributed by atoms with Gasteiger partial charge in [0.2, 0.25) is 11.8 Å². The molecule has 2 amide bonds. The molecule has 1 unspecified atom stereocenters. The fraction of sp³-hybridized carbons (Fsp3) is 0.375. The van der Waals surface area contributed by atoms with Gasteiger partial charge < -0.3 is 10.2 Å². The summed E-state index contributed by atoms with van der Waals surface area (Å²) in [5.74, 6) is -0.671. The number of amides is 2. The van der Waals surface area contributed by atoms with Gasteiger partial charge in [-0.15, -0.1) is 0 Å². The van der Waals surface area contributed by atoms with Crippen molar-refractivity contribution in [2.75, 3.05) is 10.8 Å². The van der Waals surface area contributed by atoms with E-state index in [1.54, 1.807) is 37.3 Å². The Labute approximate surface area is 238 Å². The molecule has 40 heavy (non-hydrogen) atoms. The summed E-state index contributed by atoms with van der Waals surface area (Å²) < 4.78 is 28.8. The summed E-state index contributed by atoms with van der Waals surface area (Å²) in [6, 6.07) is 24.1. The topological polar surface area (TPSA) is 86.8 Å². The smallest absolute Gasteiger partial charge is 0.264 e. The molecule has 3 aromatic rings. The second-order valence-electron chi connectivity index (χ2n) is 10.4. The molecule has 4 rings (SSSR count). The summed E-state index contributed by atoms with van der Waals surface area (Å²) in [5, 5.41) is 3.13. The van der Waals surface area contributed by atoms with Crippen LogP contribution in [0.3, 0.4) is 0 Å². The number of nitrogens with zero attached hydrogens (tertiary/aromatic N) is 2. The van der Waals surface area contributed by atoms with Gasteiger partial charge in [0.15, 0.2) is 0 Å². The number of sulfonamides is 1. The number of aryl methyl sites for hydroxylation is 1. The zero-order valence-corrected chi connectivity index (χ0v) is 24.1. The highest BCUT2D eigenvalue weighted by atomic mass is 32.2. The molecule has 1 N–H and O–H groups in total. The van der Waals surface area contributed by atoms with E-state index in [1.807, 2.05) is 49.4 Å². The minimum absolute atomic E-state index is 0.0973. The lowest BCUT2D eigenvalue weighted by molar-refractivity contribution is -0.139. The fourth-order valence-corrected chi connectivity index (χ4v) is 6.51. The van der Waals surface area contributed by atoms with E-state index in [9.17, 15) is 18.0 Å². The average Bonchev–Trinajstić information content (AvgIpc) is 2.99.